The van der Waals surface area contributed by atoms with Crippen molar-refractivity contribution in [2.45, 2.75) is 31.8 Å². The molecule has 0 amide bonds. The Kier molecular flexibility index (Phi) is 5.58. The highest BCUT2D eigenvalue weighted by atomic mass is 19.4. The predicted octanol–water partition coefficient (Wildman–Crippen LogP) is 4.31. The molecule has 1 aromatic heterocycles. The molecule has 1 heterocycles. The molecule has 0 unspecified atom stereocenters. The van der Waals surface area contributed by atoms with Crippen molar-refractivity contribution in [3.05, 3.63) is 41.1 Å². The van der Waals surface area contributed by atoms with E-state index in [1.54, 1.807) is 0 Å². The first kappa shape index (κ1) is 19.5. The Morgan fingerprint density at radius 2 is 1.80 bits per heavy atom. The van der Waals surface area contributed by atoms with Crippen molar-refractivity contribution < 1.29 is 31.4 Å². The summed E-state index contributed by atoms with van der Waals surface area (Å²) in [6.45, 7) is 2.29. The van der Waals surface area contributed by atoms with Gasteiger partial charge in [-0.15, -0.1) is 0 Å². The molecule has 0 radical (unpaired) electrons. The van der Waals surface area contributed by atoms with E-state index in [1.807, 2.05) is 6.92 Å². The predicted molar refractivity (Wildman–Crippen MR) is 79.9 cm³/mol. The molecule has 3 nitrogen and oxygen atoms in total. The van der Waals surface area contributed by atoms with Crippen LogP contribution in [0.5, 0.6) is 0 Å². The highest BCUT2D eigenvalue weighted by Gasteiger charge is 2.37. The third-order valence-electron chi connectivity index (χ3n) is 3.59. The highest BCUT2D eigenvalue weighted by Crippen LogP contribution is 2.38. The van der Waals surface area contributed by atoms with Gasteiger partial charge in [0.1, 0.15) is 5.69 Å². The molecule has 1 aromatic carbocycles. The standard InChI is InChI=1S/C16H16F6N2O/c1-2-6-23-8-12(25)10-7-13(16(20,21)22)24-14-9(10)4-3-5-11(14)15(17,18)19/h3-5,7,12,23,25H,2,6,8H2,1H3/t12-/m1/s1. The van der Waals surface area contributed by atoms with E-state index >= 15 is 0 Å². The van der Waals surface area contributed by atoms with Crippen LogP contribution in [0.25, 0.3) is 10.9 Å². The van der Waals surface area contributed by atoms with Gasteiger partial charge in [-0.3, -0.25) is 0 Å². The molecular weight excluding hydrogens is 350 g/mol. The van der Waals surface area contributed by atoms with Crippen molar-refractivity contribution in [3.8, 4) is 0 Å². The van der Waals surface area contributed by atoms with Crippen molar-refractivity contribution in [1.29, 1.82) is 0 Å². The third kappa shape index (κ3) is 4.40. The molecular formula is C16H16F6N2O. The number of alkyl halides is 6. The first-order valence-electron chi connectivity index (χ1n) is 7.52. The summed E-state index contributed by atoms with van der Waals surface area (Å²) >= 11 is 0. The molecule has 2 aromatic rings. The van der Waals surface area contributed by atoms with E-state index in [4.69, 9.17) is 0 Å². The Hall–Kier alpha value is -1.87. The number of para-hydroxylation sites is 1. The van der Waals surface area contributed by atoms with Crippen LogP contribution in [0.4, 0.5) is 26.3 Å². The van der Waals surface area contributed by atoms with Crippen molar-refractivity contribution in [2.24, 2.45) is 0 Å². The first-order valence-corrected chi connectivity index (χ1v) is 7.52. The molecule has 0 saturated heterocycles. The first-order chi connectivity index (χ1) is 11.6. The van der Waals surface area contributed by atoms with Crippen LogP contribution in [-0.2, 0) is 12.4 Å². The average Bonchev–Trinajstić information content (AvgIpc) is 2.51. The lowest BCUT2D eigenvalue weighted by atomic mass is 9.99. The monoisotopic (exact) mass is 366 g/mol. The van der Waals surface area contributed by atoms with E-state index in [9.17, 15) is 31.4 Å². The van der Waals surface area contributed by atoms with Gasteiger partial charge < -0.3 is 10.4 Å². The molecule has 25 heavy (non-hydrogen) atoms. The van der Waals surface area contributed by atoms with Gasteiger partial charge in [-0.05, 0) is 30.7 Å². The summed E-state index contributed by atoms with van der Waals surface area (Å²) < 4.78 is 78.6. The number of rotatable bonds is 5. The fraction of sp³-hybridized carbons (Fsp3) is 0.438. The number of fused-ring (bicyclic) bond motifs is 1. The van der Waals surface area contributed by atoms with Crippen LogP contribution in [0, 0.1) is 0 Å². The van der Waals surface area contributed by atoms with E-state index in [1.165, 1.54) is 6.07 Å². The molecule has 0 fully saturated rings. The number of aromatic nitrogens is 1. The summed E-state index contributed by atoms with van der Waals surface area (Å²) in [5, 5.41) is 12.9. The van der Waals surface area contributed by atoms with Crippen LogP contribution >= 0.6 is 0 Å². The zero-order valence-electron chi connectivity index (χ0n) is 13.2. The molecule has 0 aliphatic heterocycles. The summed E-state index contributed by atoms with van der Waals surface area (Å²) in [5.41, 5.74) is -3.81. The van der Waals surface area contributed by atoms with Gasteiger partial charge in [0, 0.05) is 11.9 Å². The van der Waals surface area contributed by atoms with Crippen LogP contribution < -0.4 is 5.32 Å². The van der Waals surface area contributed by atoms with Gasteiger partial charge in [0.05, 0.1) is 17.2 Å². The topological polar surface area (TPSA) is 45.1 Å². The van der Waals surface area contributed by atoms with Crippen molar-refractivity contribution >= 4 is 10.9 Å². The van der Waals surface area contributed by atoms with E-state index in [-0.39, 0.29) is 17.5 Å². The molecule has 9 heteroatoms. The number of aliphatic hydroxyl groups excluding tert-OH is 1. The van der Waals surface area contributed by atoms with Gasteiger partial charge in [0.25, 0.3) is 0 Å². The second kappa shape index (κ2) is 7.17. The molecule has 2 N–H and O–H groups in total. The summed E-state index contributed by atoms with van der Waals surface area (Å²) in [6, 6.07) is 3.56. The number of nitrogens with zero attached hydrogens (tertiary/aromatic N) is 1. The number of aliphatic hydroxyl groups is 1. The minimum atomic E-state index is -4.93. The summed E-state index contributed by atoms with van der Waals surface area (Å²) in [7, 11) is 0. The molecule has 0 aliphatic rings. The lowest BCUT2D eigenvalue weighted by Gasteiger charge is -2.18. The molecule has 1 atom stereocenters. The van der Waals surface area contributed by atoms with Gasteiger partial charge in [-0.1, -0.05) is 19.1 Å². The number of hydrogen-bond acceptors (Lipinski definition) is 3. The van der Waals surface area contributed by atoms with E-state index < -0.39 is 35.2 Å². The Morgan fingerprint density at radius 1 is 1.12 bits per heavy atom. The van der Waals surface area contributed by atoms with Gasteiger partial charge in [0.2, 0.25) is 0 Å². The van der Waals surface area contributed by atoms with Crippen molar-refractivity contribution in [3.63, 3.8) is 0 Å². The Balaban J connectivity index is 2.67. The fourth-order valence-corrected chi connectivity index (χ4v) is 2.45. The van der Waals surface area contributed by atoms with Crippen molar-refractivity contribution in [1.82, 2.24) is 10.3 Å². The molecule has 0 spiro atoms. The Morgan fingerprint density at radius 3 is 2.36 bits per heavy atom. The summed E-state index contributed by atoms with van der Waals surface area (Å²) in [6.07, 6.45) is -10.5. The minimum Gasteiger partial charge on any atom is -0.387 e. The lowest BCUT2D eigenvalue weighted by molar-refractivity contribution is -0.142. The molecule has 0 bridgehead atoms. The number of benzene rings is 1. The van der Waals surface area contributed by atoms with Crippen LogP contribution in [0.1, 0.15) is 36.3 Å². The number of pyridine rings is 1. The molecule has 2 rings (SSSR count). The minimum absolute atomic E-state index is 0.0828. The number of nitrogens with one attached hydrogen (secondary N) is 1. The Bertz CT molecular complexity index is 742. The van der Waals surface area contributed by atoms with Crippen molar-refractivity contribution in [2.75, 3.05) is 13.1 Å². The fourth-order valence-electron chi connectivity index (χ4n) is 2.45. The number of hydrogen-bond donors (Lipinski definition) is 2. The van der Waals surface area contributed by atoms with Gasteiger partial charge >= 0.3 is 12.4 Å². The maximum absolute atomic E-state index is 13.1. The summed E-state index contributed by atoms with van der Waals surface area (Å²) in [5.74, 6) is 0. The molecule has 138 valence electrons. The average molecular weight is 366 g/mol. The summed E-state index contributed by atoms with van der Waals surface area (Å²) in [4.78, 5) is 3.18. The largest absolute Gasteiger partial charge is 0.433 e. The Labute approximate surface area is 139 Å². The highest BCUT2D eigenvalue weighted by molar-refractivity contribution is 5.86. The van der Waals surface area contributed by atoms with E-state index in [2.05, 4.69) is 10.3 Å². The van der Waals surface area contributed by atoms with Crippen LogP contribution in [0.3, 0.4) is 0 Å². The second-order valence-electron chi connectivity index (χ2n) is 5.51. The van der Waals surface area contributed by atoms with Gasteiger partial charge in [-0.2, -0.15) is 26.3 Å². The smallest absolute Gasteiger partial charge is 0.387 e. The maximum Gasteiger partial charge on any atom is 0.433 e. The quantitative estimate of drug-likeness (QED) is 0.612. The van der Waals surface area contributed by atoms with E-state index in [0.717, 1.165) is 12.5 Å². The van der Waals surface area contributed by atoms with Gasteiger partial charge in [-0.25, -0.2) is 4.98 Å². The molecule has 0 aliphatic carbocycles. The maximum atomic E-state index is 13.1. The second-order valence-corrected chi connectivity index (χ2v) is 5.51. The zero-order valence-corrected chi connectivity index (χ0v) is 13.2. The SMILES string of the molecule is CCCNC[C@@H](O)c1cc(C(F)(F)F)nc2c(C(F)(F)F)cccc12. The number of halogens is 6. The van der Waals surface area contributed by atoms with Gasteiger partial charge in [0.15, 0.2) is 0 Å². The normalized spacial score (nSPS) is 14.1. The van der Waals surface area contributed by atoms with Crippen LogP contribution in [0.15, 0.2) is 24.3 Å². The van der Waals surface area contributed by atoms with E-state index in [0.29, 0.717) is 18.7 Å². The lowest BCUT2D eigenvalue weighted by Crippen LogP contribution is -2.23. The molecule has 0 saturated carbocycles. The van der Waals surface area contributed by atoms with Crippen LogP contribution in [-0.4, -0.2) is 23.2 Å². The third-order valence-corrected chi connectivity index (χ3v) is 3.59. The zero-order chi connectivity index (χ0) is 18.8. The van der Waals surface area contributed by atoms with Crippen LogP contribution in [0.2, 0.25) is 0 Å².